The highest BCUT2D eigenvalue weighted by Gasteiger charge is 2.12. The van der Waals surface area contributed by atoms with Crippen LogP contribution < -0.4 is 5.73 Å². The molecule has 0 aliphatic carbocycles. The Morgan fingerprint density at radius 1 is 1.62 bits per heavy atom. The third-order valence-corrected chi connectivity index (χ3v) is 2.31. The minimum absolute atomic E-state index is 0.359. The lowest BCUT2D eigenvalue weighted by atomic mass is 10.1. The van der Waals surface area contributed by atoms with Gasteiger partial charge in [0.1, 0.15) is 0 Å². The maximum Gasteiger partial charge on any atom is 0.338 e. The number of ether oxygens (including phenoxy) is 1. The molecule has 0 saturated heterocycles. The molecule has 1 rings (SSSR count). The number of rotatable bonds is 2. The van der Waals surface area contributed by atoms with Gasteiger partial charge >= 0.3 is 5.97 Å². The van der Waals surface area contributed by atoms with Gasteiger partial charge in [-0.1, -0.05) is 22.0 Å². The molecule has 0 amide bonds. The summed E-state index contributed by atoms with van der Waals surface area (Å²) < 4.78 is 4.62. The minimum atomic E-state index is -0.359. The van der Waals surface area contributed by atoms with Crippen LogP contribution in [0.5, 0.6) is 0 Å². The summed E-state index contributed by atoms with van der Waals surface area (Å²) in [4.78, 5) is 11.2. The number of anilines is 1. The summed E-state index contributed by atoms with van der Waals surface area (Å²) in [6.45, 7) is 0. The van der Waals surface area contributed by atoms with Crippen LogP contribution in [0.15, 0.2) is 18.2 Å². The third-order valence-electron chi connectivity index (χ3n) is 1.75. The Bertz CT molecular complexity index is 325. The lowest BCUT2D eigenvalue weighted by molar-refractivity contribution is 0.0600. The van der Waals surface area contributed by atoms with E-state index in [4.69, 9.17) is 5.73 Å². The van der Waals surface area contributed by atoms with Crippen LogP contribution in [0, 0.1) is 0 Å². The number of hydrogen-bond acceptors (Lipinski definition) is 3. The first-order valence-corrected chi connectivity index (χ1v) is 4.84. The molecule has 3 nitrogen and oxygen atoms in total. The molecule has 0 aromatic heterocycles. The van der Waals surface area contributed by atoms with Crippen molar-refractivity contribution >= 4 is 27.6 Å². The number of carbonyl (C=O) groups is 1. The molecule has 0 aliphatic heterocycles. The van der Waals surface area contributed by atoms with Crippen molar-refractivity contribution in [2.24, 2.45) is 0 Å². The van der Waals surface area contributed by atoms with Gasteiger partial charge in [0.25, 0.3) is 0 Å². The summed E-state index contributed by atoms with van der Waals surface area (Å²) in [6.07, 6.45) is 0. The Balaban J connectivity index is 3.20. The smallest absolute Gasteiger partial charge is 0.338 e. The molecular weight excluding hydrogens is 234 g/mol. The zero-order valence-corrected chi connectivity index (χ0v) is 8.80. The molecule has 0 atom stereocenters. The minimum Gasteiger partial charge on any atom is -0.465 e. The van der Waals surface area contributed by atoms with E-state index in [1.807, 2.05) is 0 Å². The van der Waals surface area contributed by atoms with Crippen LogP contribution in [0.3, 0.4) is 0 Å². The fourth-order valence-corrected chi connectivity index (χ4v) is 1.68. The van der Waals surface area contributed by atoms with Gasteiger partial charge in [0.2, 0.25) is 0 Å². The van der Waals surface area contributed by atoms with Gasteiger partial charge in [0.05, 0.1) is 12.7 Å². The predicted molar refractivity (Wildman–Crippen MR) is 54.8 cm³/mol. The predicted octanol–water partition coefficient (Wildman–Crippen LogP) is 1.95. The van der Waals surface area contributed by atoms with E-state index in [-0.39, 0.29) is 5.97 Å². The maximum atomic E-state index is 11.2. The number of nitrogen functional groups attached to an aromatic ring is 1. The van der Waals surface area contributed by atoms with Crippen molar-refractivity contribution in [3.8, 4) is 0 Å². The van der Waals surface area contributed by atoms with Crippen molar-refractivity contribution in [1.29, 1.82) is 0 Å². The van der Waals surface area contributed by atoms with E-state index >= 15 is 0 Å². The van der Waals surface area contributed by atoms with E-state index in [1.165, 1.54) is 7.11 Å². The van der Waals surface area contributed by atoms with Crippen LogP contribution >= 0.6 is 15.9 Å². The zero-order valence-electron chi connectivity index (χ0n) is 7.21. The molecule has 1 aromatic rings. The number of hydrogen-bond donors (Lipinski definition) is 1. The van der Waals surface area contributed by atoms with Crippen LogP contribution in [0.1, 0.15) is 15.9 Å². The van der Waals surface area contributed by atoms with Crippen LogP contribution in [0.2, 0.25) is 0 Å². The molecule has 0 radical (unpaired) electrons. The molecule has 4 heteroatoms. The number of alkyl halides is 1. The van der Waals surface area contributed by atoms with E-state index in [0.29, 0.717) is 16.6 Å². The molecule has 0 bridgehead atoms. The van der Waals surface area contributed by atoms with E-state index in [9.17, 15) is 4.79 Å². The van der Waals surface area contributed by atoms with Gasteiger partial charge in [0.15, 0.2) is 0 Å². The van der Waals surface area contributed by atoms with Gasteiger partial charge in [-0.15, -0.1) is 0 Å². The van der Waals surface area contributed by atoms with Crippen molar-refractivity contribution in [2.75, 3.05) is 12.8 Å². The van der Waals surface area contributed by atoms with Crippen LogP contribution in [0.4, 0.5) is 5.69 Å². The molecular formula is C9H10BrNO2. The topological polar surface area (TPSA) is 52.3 Å². The number of methoxy groups -OCH3 is 1. The molecule has 1 aromatic carbocycles. The van der Waals surface area contributed by atoms with Gasteiger partial charge < -0.3 is 10.5 Å². The molecule has 70 valence electrons. The van der Waals surface area contributed by atoms with Crippen molar-refractivity contribution in [3.63, 3.8) is 0 Å². The molecule has 0 unspecified atom stereocenters. The van der Waals surface area contributed by atoms with Crippen molar-refractivity contribution in [3.05, 3.63) is 29.3 Å². The first-order chi connectivity index (χ1) is 6.20. The number of nitrogens with two attached hydrogens (primary N) is 1. The van der Waals surface area contributed by atoms with Crippen LogP contribution in [0.25, 0.3) is 0 Å². The van der Waals surface area contributed by atoms with Crippen molar-refractivity contribution < 1.29 is 9.53 Å². The Labute approximate surface area is 85.0 Å². The fraction of sp³-hybridized carbons (Fsp3) is 0.222. The van der Waals surface area contributed by atoms with E-state index in [0.717, 1.165) is 5.56 Å². The molecule has 0 fully saturated rings. The van der Waals surface area contributed by atoms with Gasteiger partial charge in [-0.3, -0.25) is 0 Å². The zero-order chi connectivity index (χ0) is 9.84. The fourth-order valence-electron chi connectivity index (χ4n) is 1.06. The highest BCUT2D eigenvalue weighted by atomic mass is 79.9. The van der Waals surface area contributed by atoms with Crippen LogP contribution in [-0.2, 0) is 10.1 Å². The van der Waals surface area contributed by atoms with Crippen molar-refractivity contribution in [2.45, 2.75) is 5.33 Å². The summed E-state index contributed by atoms with van der Waals surface area (Å²) in [6, 6.07) is 5.18. The summed E-state index contributed by atoms with van der Waals surface area (Å²) in [5.74, 6) is -0.359. The van der Waals surface area contributed by atoms with E-state index in [1.54, 1.807) is 18.2 Å². The second-order valence-electron chi connectivity index (χ2n) is 2.50. The third kappa shape index (κ3) is 2.01. The Kier molecular flexibility index (Phi) is 3.31. The number of halogens is 1. The van der Waals surface area contributed by atoms with Crippen molar-refractivity contribution in [1.82, 2.24) is 0 Å². The maximum absolute atomic E-state index is 11.2. The highest BCUT2D eigenvalue weighted by Crippen LogP contribution is 2.20. The average Bonchev–Trinajstić information content (AvgIpc) is 2.16. The lowest BCUT2D eigenvalue weighted by Crippen LogP contribution is -2.06. The normalized spacial score (nSPS) is 9.69. The Morgan fingerprint density at radius 3 is 2.85 bits per heavy atom. The van der Waals surface area contributed by atoms with Crippen LogP contribution in [-0.4, -0.2) is 13.1 Å². The largest absolute Gasteiger partial charge is 0.465 e. The molecule has 0 heterocycles. The number of benzene rings is 1. The summed E-state index contributed by atoms with van der Waals surface area (Å²) >= 11 is 3.27. The standard InChI is InChI=1S/C9H10BrNO2/c1-13-9(12)6-3-2-4-8(11)7(6)5-10/h2-4H,5,11H2,1H3. The van der Waals surface area contributed by atoms with E-state index < -0.39 is 0 Å². The second kappa shape index (κ2) is 4.28. The molecule has 13 heavy (non-hydrogen) atoms. The Hall–Kier alpha value is -1.03. The van der Waals surface area contributed by atoms with E-state index in [2.05, 4.69) is 20.7 Å². The Morgan fingerprint density at radius 2 is 2.31 bits per heavy atom. The summed E-state index contributed by atoms with van der Waals surface area (Å²) in [5.41, 5.74) is 7.57. The number of esters is 1. The quantitative estimate of drug-likeness (QED) is 0.491. The first kappa shape index (κ1) is 10.1. The molecule has 2 N–H and O–H groups in total. The lowest BCUT2D eigenvalue weighted by Gasteiger charge is -2.07. The van der Waals surface area contributed by atoms with Gasteiger partial charge in [-0.05, 0) is 12.1 Å². The second-order valence-corrected chi connectivity index (χ2v) is 3.06. The highest BCUT2D eigenvalue weighted by molar-refractivity contribution is 9.08. The van der Waals surface area contributed by atoms with Gasteiger partial charge in [-0.2, -0.15) is 0 Å². The summed E-state index contributed by atoms with van der Waals surface area (Å²) in [7, 11) is 1.35. The number of carbonyl (C=O) groups excluding carboxylic acids is 1. The molecule has 0 aliphatic rings. The molecule has 0 spiro atoms. The summed E-state index contributed by atoms with van der Waals surface area (Å²) in [5, 5.41) is 0.546. The SMILES string of the molecule is COC(=O)c1cccc(N)c1CBr. The van der Waals surface area contributed by atoms with Gasteiger partial charge in [0, 0.05) is 16.6 Å². The molecule has 0 saturated carbocycles. The monoisotopic (exact) mass is 243 g/mol. The first-order valence-electron chi connectivity index (χ1n) is 3.72. The van der Waals surface area contributed by atoms with Gasteiger partial charge in [-0.25, -0.2) is 4.79 Å². The average molecular weight is 244 g/mol.